The molecule has 0 aliphatic heterocycles. The van der Waals surface area contributed by atoms with E-state index in [0.717, 1.165) is 15.5 Å². The number of fused-ring (bicyclic) bond motifs is 1. The predicted molar refractivity (Wildman–Crippen MR) is 81.1 cm³/mol. The van der Waals surface area contributed by atoms with Crippen molar-refractivity contribution in [1.82, 2.24) is 0 Å². The topological polar surface area (TPSA) is 20.2 Å². The minimum atomic E-state index is -0.435. The van der Waals surface area contributed by atoms with E-state index in [1.54, 1.807) is 11.3 Å². The third-order valence-electron chi connectivity index (χ3n) is 3.72. The van der Waals surface area contributed by atoms with Crippen LogP contribution in [0.5, 0.6) is 0 Å². The van der Waals surface area contributed by atoms with Gasteiger partial charge in [0.2, 0.25) is 0 Å². The molecular formula is C16H17ClOS. The fourth-order valence-electron chi connectivity index (χ4n) is 2.65. The third kappa shape index (κ3) is 2.86. The van der Waals surface area contributed by atoms with Crippen molar-refractivity contribution in [2.75, 3.05) is 0 Å². The van der Waals surface area contributed by atoms with Gasteiger partial charge in [-0.3, -0.25) is 0 Å². The molecule has 1 heterocycles. The Bertz CT molecular complexity index is 552. The Hall–Kier alpha value is -0.830. The molecule has 19 heavy (non-hydrogen) atoms. The van der Waals surface area contributed by atoms with E-state index in [4.69, 9.17) is 11.6 Å². The second-order valence-electron chi connectivity index (χ2n) is 5.12. The number of aryl methyl sites for hydroxylation is 2. The number of hydrogen-bond acceptors (Lipinski definition) is 2. The molecule has 0 saturated carbocycles. The maximum atomic E-state index is 10.4. The van der Waals surface area contributed by atoms with Crippen LogP contribution >= 0.6 is 22.9 Å². The molecule has 1 unspecified atom stereocenters. The van der Waals surface area contributed by atoms with Crippen LogP contribution in [0.2, 0.25) is 5.02 Å². The van der Waals surface area contributed by atoms with Gasteiger partial charge in [0.1, 0.15) is 0 Å². The maximum Gasteiger partial charge on any atom is 0.0922 e. The van der Waals surface area contributed by atoms with Crippen LogP contribution in [0.1, 0.15) is 39.8 Å². The monoisotopic (exact) mass is 292 g/mol. The van der Waals surface area contributed by atoms with E-state index in [1.807, 2.05) is 24.3 Å². The Balaban J connectivity index is 1.79. The summed E-state index contributed by atoms with van der Waals surface area (Å²) in [6.07, 6.45) is 5.08. The first-order valence-corrected chi connectivity index (χ1v) is 7.96. The van der Waals surface area contributed by atoms with Crippen LogP contribution in [0, 0.1) is 0 Å². The van der Waals surface area contributed by atoms with Gasteiger partial charge in [0.25, 0.3) is 0 Å². The predicted octanol–water partition coefficient (Wildman–Crippen LogP) is 4.56. The second kappa shape index (κ2) is 5.66. The van der Waals surface area contributed by atoms with Crippen molar-refractivity contribution in [1.29, 1.82) is 0 Å². The summed E-state index contributed by atoms with van der Waals surface area (Å²) < 4.78 is 0. The van der Waals surface area contributed by atoms with E-state index in [0.29, 0.717) is 6.42 Å². The van der Waals surface area contributed by atoms with Gasteiger partial charge in [-0.2, -0.15) is 0 Å². The molecule has 0 amide bonds. The molecule has 1 aliphatic carbocycles. The van der Waals surface area contributed by atoms with Crippen molar-refractivity contribution in [3.63, 3.8) is 0 Å². The van der Waals surface area contributed by atoms with Gasteiger partial charge in [-0.15, -0.1) is 11.3 Å². The number of aliphatic hydroxyl groups is 1. The van der Waals surface area contributed by atoms with E-state index < -0.39 is 6.10 Å². The van der Waals surface area contributed by atoms with Crippen molar-refractivity contribution >= 4 is 22.9 Å². The van der Waals surface area contributed by atoms with Gasteiger partial charge in [0.15, 0.2) is 0 Å². The molecule has 100 valence electrons. The van der Waals surface area contributed by atoms with Crippen LogP contribution in [-0.4, -0.2) is 5.11 Å². The zero-order valence-corrected chi connectivity index (χ0v) is 12.3. The summed E-state index contributed by atoms with van der Waals surface area (Å²) in [4.78, 5) is 2.56. The van der Waals surface area contributed by atoms with Crippen molar-refractivity contribution in [3.8, 4) is 0 Å². The maximum absolute atomic E-state index is 10.4. The quantitative estimate of drug-likeness (QED) is 0.879. The van der Waals surface area contributed by atoms with E-state index in [1.165, 1.54) is 36.1 Å². The van der Waals surface area contributed by atoms with Crippen LogP contribution in [0.25, 0.3) is 0 Å². The normalized spacial score (nSPS) is 16.1. The highest BCUT2D eigenvalue weighted by atomic mass is 35.5. The molecular weight excluding hydrogens is 276 g/mol. The van der Waals surface area contributed by atoms with Crippen LogP contribution in [-0.2, 0) is 19.3 Å². The number of thiophene rings is 1. The fourth-order valence-corrected chi connectivity index (χ4v) is 4.11. The SMILES string of the molecule is OC(Cc1ccccc1Cl)c1cc2c(s1)CCCC2. The van der Waals surface area contributed by atoms with Gasteiger partial charge in [0, 0.05) is 21.2 Å². The molecule has 1 aromatic carbocycles. The zero-order valence-electron chi connectivity index (χ0n) is 10.7. The first kappa shape index (κ1) is 13.2. The molecule has 0 saturated heterocycles. The Morgan fingerprint density at radius 3 is 2.79 bits per heavy atom. The lowest BCUT2D eigenvalue weighted by atomic mass is 9.98. The van der Waals surface area contributed by atoms with Crippen molar-refractivity contribution < 1.29 is 5.11 Å². The van der Waals surface area contributed by atoms with Gasteiger partial charge in [0.05, 0.1) is 6.10 Å². The largest absolute Gasteiger partial charge is 0.387 e. The zero-order chi connectivity index (χ0) is 13.2. The molecule has 3 heteroatoms. The first-order valence-electron chi connectivity index (χ1n) is 6.77. The van der Waals surface area contributed by atoms with Gasteiger partial charge < -0.3 is 5.11 Å². The number of rotatable bonds is 3. The standard InChI is InChI=1S/C16H17ClOS/c17-13-7-3-1-5-11(13)9-14(18)16-10-12-6-2-4-8-15(12)19-16/h1,3,5,7,10,14,18H,2,4,6,8-9H2. The summed E-state index contributed by atoms with van der Waals surface area (Å²) in [5.74, 6) is 0. The number of halogens is 1. The summed E-state index contributed by atoms with van der Waals surface area (Å²) in [7, 11) is 0. The minimum absolute atomic E-state index is 0.435. The summed E-state index contributed by atoms with van der Waals surface area (Å²) in [6.45, 7) is 0. The molecule has 1 aliphatic rings. The van der Waals surface area contributed by atoms with Gasteiger partial charge in [-0.25, -0.2) is 0 Å². The Kier molecular flexibility index (Phi) is 3.92. The number of hydrogen-bond donors (Lipinski definition) is 1. The molecule has 1 nitrogen and oxygen atoms in total. The summed E-state index contributed by atoms with van der Waals surface area (Å²) in [6, 6.07) is 9.94. The van der Waals surface area contributed by atoms with E-state index >= 15 is 0 Å². The molecule has 0 radical (unpaired) electrons. The smallest absolute Gasteiger partial charge is 0.0922 e. The van der Waals surface area contributed by atoms with Gasteiger partial charge in [-0.05, 0) is 48.9 Å². The highest BCUT2D eigenvalue weighted by molar-refractivity contribution is 7.12. The number of aliphatic hydroxyl groups excluding tert-OH is 1. The van der Waals surface area contributed by atoms with E-state index in [9.17, 15) is 5.11 Å². The Morgan fingerprint density at radius 1 is 1.21 bits per heavy atom. The molecule has 2 aromatic rings. The highest BCUT2D eigenvalue weighted by Crippen LogP contribution is 2.34. The highest BCUT2D eigenvalue weighted by Gasteiger charge is 2.18. The third-order valence-corrected chi connectivity index (χ3v) is 5.42. The van der Waals surface area contributed by atoms with Crippen LogP contribution < -0.4 is 0 Å². The van der Waals surface area contributed by atoms with Crippen LogP contribution in [0.15, 0.2) is 30.3 Å². The lowest BCUT2D eigenvalue weighted by Gasteiger charge is -2.09. The lowest BCUT2D eigenvalue weighted by molar-refractivity contribution is 0.182. The summed E-state index contributed by atoms with van der Waals surface area (Å²) >= 11 is 7.92. The van der Waals surface area contributed by atoms with Gasteiger partial charge in [-0.1, -0.05) is 29.8 Å². The summed E-state index contributed by atoms with van der Waals surface area (Å²) in [5.41, 5.74) is 2.47. The van der Waals surface area contributed by atoms with Crippen molar-refractivity contribution in [2.45, 2.75) is 38.2 Å². The molecule has 0 fully saturated rings. The average Bonchev–Trinajstić information content (AvgIpc) is 2.85. The van der Waals surface area contributed by atoms with Crippen molar-refractivity contribution in [3.05, 3.63) is 56.2 Å². The summed E-state index contributed by atoms with van der Waals surface area (Å²) in [5, 5.41) is 11.1. The lowest BCUT2D eigenvalue weighted by Crippen LogP contribution is -2.00. The minimum Gasteiger partial charge on any atom is -0.387 e. The van der Waals surface area contributed by atoms with Crippen LogP contribution in [0.4, 0.5) is 0 Å². The van der Waals surface area contributed by atoms with Crippen LogP contribution in [0.3, 0.4) is 0 Å². The average molecular weight is 293 g/mol. The fraction of sp³-hybridized carbons (Fsp3) is 0.375. The molecule has 0 spiro atoms. The van der Waals surface area contributed by atoms with E-state index in [2.05, 4.69) is 6.07 Å². The Labute approximate surface area is 122 Å². The second-order valence-corrected chi connectivity index (χ2v) is 6.69. The van der Waals surface area contributed by atoms with E-state index in [-0.39, 0.29) is 0 Å². The molecule has 1 aromatic heterocycles. The van der Waals surface area contributed by atoms with Crippen molar-refractivity contribution in [2.24, 2.45) is 0 Å². The Morgan fingerprint density at radius 2 is 2.00 bits per heavy atom. The number of benzene rings is 1. The van der Waals surface area contributed by atoms with Gasteiger partial charge >= 0.3 is 0 Å². The first-order chi connectivity index (χ1) is 9.24. The molecule has 3 rings (SSSR count). The molecule has 1 atom stereocenters. The molecule has 0 bridgehead atoms. The molecule has 1 N–H and O–H groups in total.